The van der Waals surface area contributed by atoms with Crippen molar-refractivity contribution in [3.8, 4) is 0 Å². The van der Waals surface area contributed by atoms with Gasteiger partial charge in [-0.3, -0.25) is 0 Å². The van der Waals surface area contributed by atoms with Crippen molar-refractivity contribution < 1.29 is 13.2 Å². The van der Waals surface area contributed by atoms with Gasteiger partial charge >= 0.3 is 6.18 Å². The molecular weight excluding hydrogens is 331 g/mol. The standard InChI is InChI=1S/C10H15BrF3N3S/c1-9(2,3)7-15-8(18-16-7)17(5-4-11)6-10(12,13)14/h4-6H2,1-3H3. The molecule has 1 aromatic rings. The third-order valence-corrected chi connectivity index (χ3v) is 3.21. The van der Waals surface area contributed by atoms with Gasteiger partial charge in [0.1, 0.15) is 12.4 Å². The first-order valence-electron chi connectivity index (χ1n) is 5.35. The molecule has 8 heteroatoms. The largest absolute Gasteiger partial charge is 0.406 e. The van der Waals surface area contributed by atoms with Crippen LogP contribution in [0.3, 0.4) is 0 Å². The lowest BCUT2D eigenvalue weighted by Crippen LogP contribution is -2.35. The van der Waals surface area contributed by atoms with E-state index in [0.717, 1.165) is 11.5 Å². The summed E-state index contributed by atoms with van der Waals surface area (Å²) in [4.78, 5) is 5.39. The fourth-order valence-corrected chi connectivity index (χ4v) is 2.52. The van der Waals surface area contributed by atoms with Crippen LogP contribution in [0.5, 0.6) is 0 Å². The van der Waals surface area contributed by atoms with Crippen molar-refractivity contribution in [3.05, 3.63) is 5.82 Å². The smallest absolute Gasteiger partial charge is 0.337 e. The average molecular weight is 346 g/mol. The Morgan fingerprint density at radius 1 is 1.28 bits per heavy atom. The van der Waals surface area contributed by atoms with Crippen LogP contribution < -0.4 is 4.90 Å². The van der Waals surface area contributed by atoms with Gasteiger partial charge in [0, 0.05) is 28.8 Å². The Morgan fingerprint density at radius 2 is 1.89 bits per heavy atom. The second-order valence-corrected chi connectivity index (χ2v) is 6.40. The summed E-state index contributed by atoms with van der Waals surface area (Å²) >= 11 is 4.16. The molecule has 18 heavy (non-hydrogen) atoms. The van der Waals surface area contributed by atoms with Crippen molar-refractivity contribution in [1.29, 1.82) is 0 Å². The topological polar surface area (TPSA) is 29.0 Å². The molecule has 0 saturated heterocycles. The van der Waals surface area contributed by atoms with E-state index in [1.165, 1.54) is 4.90 Å². The number of alkyl halides is 4. The minimum atomic E-state index is -4.24. The highest BCUT2D eigenvalue weighted by Crippen LogP contribution is 2.27. The van der Waals surface area contributed by atoms with Gasteiger partial charge in [0.15, 0.2) is 0 Å². The summed E-state index contributed by atoms with van der Waals surface area (Å²) in [6.07, 6.45) is -4.24. The molecule has 0 fully saturated rings. The number of aromatic nitrogens is 2. The molecule has 0 aliphatic rings. The van der Waals surface area contributed by atoms with Gasteiger partial charge in [-0.15, -0.1) is 0 Å². The van der Waals surface area contributed by atoms with Crippen LogP contribution in [0, 0.1) is 0 Å². The van der Waals surface area contributed by atoms with E-state index in [4.69, 9.17) is 0 Å². The van der Waals surface area contributed by atoms with Gasteiger partial charge in [-0.05, 0) is 0 Å². The number of hydrogen-bond donors (Lipinski definition) is 0. The van der Waals surface area contributed by atoms with Gasteiger partial charge in [-0.25, -0.2) is 4.98 Å². The molecule has 0 N–H and O–H groups in total. The van der Waals surface area contributed by atoms with Gasteiger partial charge in [0.05, 0.1) is 0 Å². The van der Waals surface area contributed by atoms with Crippen molar-refractivity contribution in [2.24, 2.45) is 0 Å². The molecule has 0 amide bonds. The molecule has 0 bridgehead atoms. The number of anilines is 1. The minimum Gasteiger partial charge on any atom is -0.337 e. The van der Waals surface area contributed by atoms with Gasteiger partial charge in [0.2, 0.25) is 5.13 Å². The Morgan fingerprint density at radius 3 is 2.28 bits per heavy atom. The van der Waals surface area contributed by atoms with E-state index in [0.29, 0.717) is 16.3 Å². The lowest BCUT2D eigenvalue weighted by molar-refractivity contribution is -0.119. The van der Waals surface area contributed by atoms with Gasteiger partial charge < -0.3 is 4.90 Å². The van der Waals surface area contributed by atoms with Crippen LogP contribution in [-0.4, -0.2) is 34.0 Å². The molecule has 0 saturated carbocycles. The van der Waals surface area contributed by atoms with Crippen LogP contribution in [-0.2, 0) is 5.41 Å². The summed E-state index contributed by atoms with van der Waals surface area (Å²) in [5.74, 6) is 0.573. The minimum absolute atomic E-state index is 0.248. The number of halogens is 4. The van der Waals surface area contributed by atoms with E-state index in [1.54, 1.807) is 0 Å². The highest BCUT2D eigenvalue weighted by atomic mass is 79.9. The van der Waals surface area contributed by atoms with Gasteiger partial charge in [-0.1, -0.05) is 36.7 Å². The maximum absolute atomic E-state index is 12.5. The predicted octanol–water partition coefficient (Wildman–Crippen LogP) is 3.60. The van der Waals surface area contributed by atoms with E-state index < -0.39 is 12.7 Å². The lowest BCUT2D eigenvalue weighted by Gasteiger charge is -2.21. The zero-order chi connectivity index (χ0) is 14.0. The highest BCUT2D eigenvalue weighted by Gasteiger charge is 2.32. The summed E-state index contributed by atoms with van der Waals surface area (Å²) < 4.78 is 41.5. The highest BCUT2D eigenvalue weighted by molar-refractivity contribution is 9.09. The van der Waals surface area contributed by atoms with Crippen molar-refractivity contribution in [2.45, 2.75) is 32.4 Å². The maximum Gasteiger partial charge on any atom is 0.406 e. The van der Waals surface area contributed by atoms with E-state index in [9.17, 15) is 13.2 Å². The lowest BCUT2D eigenvalue weighted by atomic mass is 9.96. The van der Waals surface area contributed by atoms with Crippen LogP contribution in [0.15, 0.2) is 0 Å². The zero-order valence-corrected chi connectivity index (χ0v) is 12.8. The van der Waals surface area contributed by atoms with Crippen LogP contribution in [0.4, 0.5) is 18.3 Å². The first-order chi connectivity index (χ1) is 8.13. The Balaban J connectivity index is 2.89. The molecule has 104 valence electrons. The van der Waals surface area contributed by atoms with Crippen molar-refractivity contribution in [2.75, 3.05) is 23.3 Å². The first-order valence-corrected chi connectivity index (χ1v) is 7.25. The average Bonchev–Trinajstić information content (AvgIpc) is 2.62. The SMILES string of the molecule is CC(C)(C)c1nsc(N(CCBr)CC(F)(F)F)n1. The molecule has 1 rings (SSSR count). The molecular formula is C10H15BrF3N3S. The molecule has 0 aromatic carbocycles. The molecule has 0 aliphatic heterocycles. The van der Waals surface area contributed by atoms with E-state index in [-0.39, 0.29) is 12.0 Å². The number of nitrogens with zero attached hydrogens (tertiary/aromatic N) is 3. The predicted molar refractivity (Wildman–Crippen MR) is 70.7 cm³/mol. The third kappa shape index (κ3) is 4.72. The number of hydrogen-bond acceptors (Lipinski definition) is 4. The summed E-state index contributed by atoms with van der Waals surface area (Å²) in [5, 5.41) is 0.768. The fraction of sp³-hybridized carbons (Fsp3) is 0.800. The van der Waals surface area contributed by atoms with Gasteiger partial charge in [0.25, 0.3) is 0 Å². The third-order valence-electron chi connectivity index (χ3n) is 2.08. The second kappa shape index (κ2) is 5.73. The Kier molecular flexibility index (Phi) is 4.99. The van der Waals surface area contributed by atoms with Gasteiger partial charge in [-0.2, -0.15) is 17.5 Å². The summed E-state index contributed by atoms with van der Waals surface area (Å²) in [6, 6.07) is 0. The quantitative estimate of drug-likeness (QED) is 0.780. The molecule has 1 aromatic heterocycles. The molecule has 0 radical (unpaired) electrons. The van der Waals surface area contributed by atoms with Crippen LogP contribution >= 0.6 is 27.5 Å². The molecule has 0 unspecified atom stereocenters. The second-order valence-electron chi connectivity index (χ2n) is 4.88. The van der Waals surface area contributed by atoms with Crippen LogP contribution in [0.1, 0.15) is 26.6 Å². The maximum atomic E-state index is 12.5. The zero-order valence-electron chi connectivity index (χ0n) is 10.4. The summed E-state index contributed by atoms with van der Waals surface area (Å²) in [7, 11) is 0. The Labute approximate surface area is 117 Å². The van der Waals surface area contributed by atoms with Crippen LogP contribution in [0.25, 0.3) is 0 Å². The molecule has 0 aliphatic carbocycles. The van der Waals surface area contributed by atoms with E-state index >= 15 is 0 Å². The van der Waals surface area contributed by atoms with Crippen molar-refractivity contribution in [1.82, 2.24) is 9.36 Å². The molecule has 0 spiro atoms. The summed E-state index contributed by atoms with van der Waals surface area (Å²) in [6.45, 7) is 5.03. The molecule has 3 nitrogen and oxygen atoms in total. The molecule has 0 atom stereocenters. The Hall–Kier alpha value is -0.370. The van der Waals surface area contributed by atoms with E-state index in [2.05, 4.69) is 25.3 Å². The monoisotopic (exact) mass is 345 g/mol. The summed E-state index contributed by atoms with van der Waals surface area (Å²) in [5.41, 5.74) is -0.257. The number of rotatable bonds is 4. The van der Waals surface area contributed by atoms with Crippen LogP contribution in [0.2, 0.25) is 0 Å². The Bertz CT molecular complexity index is 386. The van der Waals surface area contributed by atoms with Crippen molar-refractivity contribution >= 4 is 32.6 Å². The molecule has 1 heterocycles. The fourth-order valence-electron chi connectivity index (χ4n) is 1.21. The normalized spacial score (nSPS) is 12.8. The van der Waals surface area contributed by atoms with Crippen molar-refractivity contribution in [3.63, 3.8) is 0 Å². The van der Waals surface area contributed by atoms with E-state index in [1.807, 2.05) is 20.8 Å². The first kappa shape index (κ1) is 15.7.